The minimum absolute atomic E-state index is 0.107. The largest absolute Gasteiger partial charge is 0.367 e. The van der Waals surface area contributed by atoms with Crippen molar-refractivity contribution in [2.75, 3.05) is 28.3 Å². The Morgan fingerprint density at radius 2 is 2.33 bits per heavy atom. The van der Waals surface area contributed by atoms with Crippen molar-refractivity contribution in [2.45, 2.75) is 19.0 Å². The number of thioether (sulfide) groups is 1. The molecule has 1 saturated heterocycles. The molecular formula is C13H17N3OS. The van der Waals surface area contributed by atoms with E-state index in [2.05, 4.69) is 23.2 Å². The molecule has 4 nitrogen and oxygen atoms in total. The minimum Gasteiger partial charge on any atom is -0.367 e. The van der Waals surface area contributed by atoms with Crippen LogP contribution < -0.4 is 16.0 Å². The van der Waals surface area contributed by atoms with Crippen LogP contribution in [0, 0.1) is 0 Å². The highest BCUT2D eigenvalue weighted by Gasteiger charge is 2.28. The van der Waals surface area contributed by atoms with Crippen molar-refractivity contribution in [1.82, 2.24) is 0 Å². The quantitative estimate of drug-likeness (QED) is 0.807. The summed E-state index contributed by atoms with van der Waals surface area (Å²) in [7, 11) is 0. The van der Waals surface area contributed by atoms with E-state index >= 15 is 0 Å². The zero-order chi connectivity index (χ0) is 12.7. The summed E-state index contributed by atoms with van der Waals surface area (Å²) < 4.78 is 0. The van der Waals surface area contributed by atoms with E-state index in [1.54, 1.807) is 0 Å². The van der Waals surface area contributed by atoms with Gasteiger partial charge in [-0.1, -0.05) is 6.07 Å². The van der Waals surface area contributed by atoms with Gasteiger partial charge >= 0.3 is 0 Å². The highest BCUT2D eigenvalue weighted by atomic mass is 32.2. The third kappa shape index (κ3) is 1.87. The van der Waals surface area contributed by atoms with E-state index in [-0.39, 0.29) is 5.91 Å². The number of benzene rings is 1. The van der Waals surface area contributed by atoms with Crippen LogP contribution in [0.3, 0.4) is 0 Å². The summed E-state index contributed by atoms with van der Waals surface area (Å²) in [6, 6.07) is 6.12. The summed E-state index contributed by atoms with van der Waals surface area (Å²) in [5, 5.41) is 2.85. The van der Waals surface area contributed by atoms with E-state index in [0.29, 0.717) is 6.04 Å². The van der Waals surface area contributed by atoms with Crippen molar-refractivity contribution in [2.24, 2.45) is 5.73 Å². The number of hydrogen-bond acceptors (Lipinski definition) is 4. The smallest absolute Gasteiger partial charge is 0.245 e. The van der Waals surface area contributed by atoms with Gasteiger partial charge in [-0.3, -0.25) is 4.79 Å². The van der Waals surface area contributed by atoms with Gasteiger partial charge in [-0.2, -0.15) is 11.8 Å². The molecule has 0 bridgehead atoms. The van der Waals surface area contributed by atoms with E-state index in [9.17, 15) is 4.79 Å². The number of carbonyl (C=O) groups excluding carboxylic acids is 1. The lowest BCUT2D eigenvalue weighted by Crippen LogP contribution is -2.40. The molecule has 1 fully saturated rings. The van der Waals surface area contributed by atoms with Gasteiger partial charge in [0.1, 0.15) is 6.04 Å². The first-order valence-electron chi connectivity index (χ1n) is 6.21. The monoisotopic (exact) mass is 263 g/mol. The molecule has 1 amide bonds. The third-order valence-electron chi connectivity index (χ3n) is 3.61. The van der Waals surface area contributed by atoms with Crippen molar-refractivity contribution >= 4 is 29.0 Å². The first-order chi connectivity index (χ1) is 8.66. The number of hydrogen-bond donors (Lipinski definition) is 2. The Morgan fingerprint density at radius 3 is 3.11 bits per heavy atom. The second kappa shape index (κ2) is 4.48. The molecule has 5 heteroatoms. The van der Waals surface area contributed by atoms with Gasteiger partial charge in [0.05, 0.1) is 0 Å². The van der Waals surface area contributed by atoms with Crippen LogP contribution in [0.1, 0.15) is 18.5 Å². The third-order valence-corrected chi connectivity index (χ3v) is 4.80. The standard InChI is InChI=1S/C13H17N3OS/c1-8-7-18-5-4-16(8)9-2-3-10-11(6-9)15-13(17)12(10)14/h2-3,6,8,12H,4-5,7,14H2,1H3,(H,15,17). The van der Waals surface area contributed by atoms with Crippen LogP contribution in [0.5, 0.6) is 0 Å². The lowest BCUT2D eigenvalue weighted by Gasteiger charge is -2.35. The predicted molar refractivity (Wildman–Crippen MR) is 76.1 cm³/mol. The summed E-state index contributed by atoms with van der Waals surface area (Å²) in [6.07, 6.45) is 0. The topological polar surface area (TPSA) is 58.4 Å². The normalized spacial score (nSPS) is 27.0. The van der Waals surface area contributed by atoms with E-state index in [0.717, 1.165) is 29.3 Å². The SMILES string of the molecule is CC1CSCCN1c1ccc2c(c1)NC(=O)C2N. The van der Waals surface area contributed by atoms with Crippen LogP contribution in [-0.4, -0.2) is 30.0 Å². The van der Waals surface area contributed by atoms with Crippen LogP contribution in [0.25, 0.3) is 0 Å². The minimum atomic E-state index is -0.511. The van der Waals surface area contributed by atoms with Crippen LogP contribution >= 0.6 is 11.8 Å². The second-order valence-corrected chi connectivity index (χ2v) is 6.01. The van der Waals surface area contributed by atoms with Gasteiger partial charge in [0, 0.05) is 41.0 Å². The lowest BCUT2D eigenvalue weighted by molar-refractivity contribution is -0.116. The molecular weight excluding hydrogens is 246 g/mol. The first-order valence-corrected chi connectivity index (χ1v) is 7.37. The number of nitrogens with two attached hydrogens (primary N) is 1. The average molecular weight is 263 g/mol. The Balaban J connectivity index is 1.91. The Labute approximate surface area is 111 Å². The molecule has 0 aliphatic carbocycles. The Hall–Kier alpha value is -1.20. The fraction of sp³-hybridized carbons (Fsp3) is 0.462. The average Bonchev–Trinajstić information content (AvgIpc) is 2.65. The molecule has 0 saturated carbocycles. The molecule has 1 aromatic carbocycles. The number of amides is 1. The maximum atomic E-state index is 11.5. The van der Waals surface area contributed by atoms with E-state index in [1.807, 2.05) is 23.9 Å². The van der Waals surface area contributed by atoms with Gasteiger partial charge in [-0.15, -0.1) is 0 Å². The molecule has 2 heterocycles. The molecule has 0 spiro atoms. The van der Waals surface area contributed by atoms with Crippen LogP contribution in [-0.2, 0) is 4.79 Å². The maximum absolute atomic E-state index is 11.5. The summed E-state index contributed by atoms with van der Waals surface area (Å²) in [4.78, 5) is 13.9. The summed E-state index contributed by atoms with van der Waals surface area (Å²) in [5.41, 5.74) is 8.77. The molecule has 2 atom stereocenters. The van der Waals surface area contributed by atoms with E-state index in [4.69, 9.17) is 5.73 Å². The molecule has 3 rings (SSSR count). The highest BCUT2D eigenvalue weighted by molar-refractivity contribution is 7.99. The zero-order valence-corrected chi connectivity index (χ0v) is 11.2. The highest BCUT2D eigenvalue weighted by Crippen LogP contribution is 2.34. The van der Waals surface area contributed by atoms with Gasteiger partial charge < -0.3 is 16.0 Å². The Kier molecular flexibility index (Phi) is 2.95. The first kappa shape index (κ1) is 11.9. The molecule has 3 N–H and O–H groups in total. The maximum Gasteiger partial charge on any atom is 0.245 e. The van der Waals surface area contributed by atoms with Crippen molar-refractivity contribution in [3.8, 4) is 0 Å². The molecule has 2 aliphatic heterocycles. The second-order valence-electron chi connectivity index (χ2n) is 4.86. The summed E-state index contributed by atoms with van der Waals surface area (Å²) in [6.45, 7) is 3.30. The number of nitrogens with zero attached hydrogens (tertiary/aromatic N) is 1. The van der Waals surface area contributed by atoms with Crippen molar-refractivity contribution in [3.05, 3.63) is 23.8 Å². The number of nitrogens with one attached hydrogen (secondary N) is 1. The fourth-order valence-electron chi connectivity index (χ4n) is 2.56. The van der Waals surface area contributed by atoms with E-state index < -0.39 is 6.04 Å². The fourth-order valence-corrected chi connectivity index (χ4v) is 3.58. The van der Waals surface area contributed by atoms with Crippen LogP contribution in [0.4, 0.5) is 11.4 Å². The molecule has 96 valence electrons. The Bertz CT molecular complexity index is 491. The number of anilines is 2. The molecule has 18 heavy (non-hydrogen) atoms. The molecule has 2 unspecified atom stereocenters. The van der Waals surface area contributed by atoms with Gasteiger partial charge in [-0.05, 0) is 19.1 Å². The zero-order valence-electron chi connectivity index (χ0n) is 10.3. The van der Waals surface area contributed by atoms with Crippen molar-refractivity contribution in [1.29, 1.82) is 0 Å². The van der Waals surface area contributed by atoms with Crippen molar-refractivity contribution in [3.63, 3.8) is 0 Å². The Morgan fingerprint density at radius 1 is 1.50 bits per heavy atom. The van der Waals surface area contributed by atoms with Gasteiger partial charge in [0.25, 0.3) is 0 Å². The van der Waals surface area contributed by atoms with E-state index in [1.165, 1.54) is 5.69 Å². The van der Waals surface area contributed by atoms with Crippen LogP contribution in [0.2, 0.25) is 0 Å². The van der Waals surface area contributed by atoms with Crippen molar-refractivity contribution < 1.29 is 4.79 Å². The molecule has 0 radical (unpaired) electrons. The number of fused-ring (bicyclic) bond motifs is 1. The summed E-state index contributed by atoms with van der Waals surface area (Å²) in [5.74, 6) is 2.21. The van der Waals surface area contributed by atoms with Gasteiger partial charge in [0.15, 0.2) is 0 Å². The number of carbonyl (C=O) groups is 1. The molecule has 2 aliphatic rings. The van der Waals surface area contributed by atoms with Gasteiger partial charge in [-0.25, -0.2) is 0 Å². The van der Waals surface area contributed by atoms with Gasteiger partial charge in [0.2, 0.25) is 5.91 Å². The molecule has 0 aromatic heterocycles. The predicted octanol–water partition coefficient (Wildman–Crippen LogP) is 1.58. The summed E-state index contributed by atoms with van der Waals surface area (Å²) >= 11 is 2.00. The number of rotatable bonds is 1. The lowest BCUT2D eigenvalue weighted by atomic mass is 10.1. The molecule has 1 aromatic rings. The van der Waals surface area contributed by atoms with Crippen LogP contribution in [0.15, 0.2) is 18.2 Å².